The van der Waals surface area contributed by atoms with Crippen molar-refractivity contribution in [2.45, 2.75) is 20.3 Å². The smallest absolute Gasteiger partial charge is 0.266 e. The minimum atomic E-state index is -0.0552. The predicted molar refractivity (Wildman–Crippen MR) is 155 cm³/mol. The van der Waals surface area contributed by atoms with Gasteiger partial charge in [0.15, 0.2) is 0 Å². The van der Waals surface area contributed by atoms with Crippen molar-refractivity contribution in [2.75, 3.05) is 44.7 Å². The molecule has 0 radical (unpaired) electrons. The fourth-order valence-corrected chi connectivity index (χ4v) is 5.48. The number of thioether (sulfide) groups is 1. The van der Waals surface area contributed by atoms with Gasteiger partial charge < -0.3 is 14.2 Å². The highest BCUT2D eigenvalue weighted by Gasteiger charge is 2.32. The van der Waals surface area contributed by atoms with E-state index in [2.05, 4.69) is 53.2 Å². The van der Waals surface area contributed by atoms with Crippen LogP contribution in [0.15, 0.2) is 76.1 Å². The zero-order valence-corrected chi connectivity index (χ0v) is 22.8. The van der Waals surface area contributed by atoms with Gasteiger partial charge in [-0.3, -0.25) is 9.69 Å². The highest BCUT2D eigenvalue weighted by atomic mass is 32.2. The molecule has 2 aromatic carbocycles. The van der Waals surface area contributed by atoms with Gasteiger partial charge in [0.2, 0.25) is 0 Å². The Labute approximate surface area is 223 Å². The number of rotatable bonds is 6. The first-order valence-electron chi connectivity index (χ1n) is 12.5. The molecule has 2 saturated heterocycles. The first kappa shape index (κ1) is 26.2. The van der Waals surface area contributed by atoms with Crippen LogP contribution in [0.2, 0.25) is 0 Å². The fraction of sp³-hybridized carbons (Fsp3) is 0.310. The fourth-order valence-electron chi connectivity index (χ4n) is 4.19. The predicted octanol–water partition coefficient (Wildman–Crippen LogP) is 6.17. The van der Waals surface area contributed by atoms with E-state index in [1.54, 1.807) is 11.0 Å². The van der Waals surface area contributed by atoms with Crippen LogP contribution in [0.25, 0.3) is 17.4 Å². The molecule has 0 atom stereocenters. The summed E-state index contributed by atoms with van der Waals surface area (Å²) in [4.78, 5) is 20.0. The summed E-state index contributed by atoms with van der Waals surface area (Å²) in [6.07, 6.45) is 2.57. The first-order valence-corrected chi connectivity index (χ1v) is 13.7. The Kier molecular flexibility index (Phi) is 9.02. The Balaban J connectivity index is 0.00000148. The Morgan fingerprint density at radius 3 is 2.33 bits per heavy atom. The molecule has 0 saturated carbocycles. The van der Waals surface area contributed by atoms with Crippen molar-refractivity contribution >= 4 is 46.0 Å². The molecule has 188 valence electrons. The van der Waals surface area contributed by atoms with E-state index in [9.17, 15) is 4.79 Å². The topological polar surface area (TPSA) is 39.9 Å². The summed E-state index contributed by atoms with van der Waals surface area (Å²) in [5.74, 6) is 1.39. The van der Waals surface area contributed by atoms with Crippen LogP contribution in [0.3, 0.4) is 0 Å². The summed E-state index contributed by atoms with van der Waals surface area (Å²) >= 11 is 6.81. The quantitative estimate of drug-likeness (QED) is 0.287. The van der Waals surface area contributed by atoms with Crippen molar-refractivity contribution in [1.29, 1.82) is 0 Å². The average Bonchev–Trinajstić information content (AvgIpc) is 3.49. The van der Waals surface area contributed by atoms with Gasteiger partial charge in [-0.25, -0.2) is 0 Å². The monoisotopic (exact) mass is 519 g/mol. The third-order valence-electron chi connectivity index (χ3n) is 6.26. The number of nitrogens with zero attached hydrogens (tertiary/aromatic N) is 3. The summed E-state index contributed by atoms with van der Waals surface area (Å²) < 4.78 is 6.65. The van der Waals surface area contributed by atoms with Crippen molar-refractivity contribution < 1.29 is 9.21 Å². The van der Waals surface area contributed by atoms with Gasteiger partial charge in [0.25, 0.3) is 5.91 Å². The zero-order valence-electron chi connectivity index (χ0n) is 21.1. The third kappa shape index (κ3) is 6.27. The lowest BCUT2D eigenvalue weighted by atomic mass is 10.1. The molecule has 0 bridgehead atoms. The molecule has 5 nitrogen and oxygen atoms in total. The Bertz CT molecular complexity index is 1200. The second-order valence-electron chi connectivity index (χ2n) is 8.61. The van der Waals surface area contributed by atoms with Gasteiger partial charge in [-0.1, -0.05) is 68.2 Å². The lowest BCUT2D eigenvalue weighted by Gasteiger charge is -2.34. The van der Waals surface area contributed by atoms with Crippen LogP contribution in [-0.4, -0.2) is 59.8 Å². The molecule has 2 aliphatic heterocycles. The highest BCUT2D eigenvalue weighted by Crippen LogP contribution is 2.34. The van der Waals surface area contributed by atoms with E-state index in [0.717, 1.165) is 43.9 Å². The van der Waals surface area contributed by atoms with Crippen LogP contribution >= 0.6 is 24.0 Å². The molecule has 0 N–H and O–H groups in total. The molecular weight excluding hydrogens is 486 g/mol. The highest BCUT2D eigenvalue weighted by molar-refractivity contribution is 8.26. The van der Waals surface area contributed by atoms with E-state index >= 15 is 0 Å². The summed E-state index contributed by atoms with van der Waals surface area (Å²) in [6, 6.07) is 22.5. The van der Waals surface area contributed by atoms with Crippen LogP contribution in [0, 0.1) is 0 Å². The molecule has 5 rings (SSSR count). The summed E-state index contributed by atoms with van der Waals surface area (Å²) in [7, 11) is 2.16. The van der Waals surface area contributed by atoms with Gasteiger partial charge in [-0.05, 0) is 55.4 Å². The van der Waals surface area contributed by atoms with Crippen LogP contribution in [0.1, 0.15) is 25.2 Å². The van der Waals surface area contributed by atoms with Crippen molar-refractivity contribution in [3.05, 3.63) is 83.0 Å². The van der Waals surface area contributed by atoms with Crippen LogP contribution in [0.4, 0.5) is 5.69 Å². The molecule has 0 aliphatic carbocycles. The van der Waals surface area contributed by atoms with E-state index in [1.807, 2.05) is 44.2 Å². The Hall–Kier alpha value is -2.87. The normalized spacial score (nSPS) is 17.5. The summed E-state index contributed by atoms with van der Waals surface area (Å²) in [5.41, 5.74) is 3.45. The summed E-state index contributed by atoms with van der Waals surface area (Å²) in [6.45, 7) is 8.84. The molecule has 3 heterocycles. The molecule has 2 aliphatic rings. The second kappa shape index (κ2) is 12.4. The number of carbonyl (C=O) groups excluding carboxylic acids is 1. The largest absolute Gasteiger partial charge is 0.457 e. The van der Waals surface area contributed by atoms with Gasteiger partial charge in [0, 0.05) is 50.1 Å². The van der Waals surface area contributed by atoms with E-state index in [-0.39, 0.29) is 5.91 Å². The lowest BCUT2D eigenvalue weighted by Crippen LogP contribution is -2.44. The molecular formula is C29H33N3O2S2. The maximum atomic E-state index is 12.9. The number of hydrogen-bond acceptors (Lipinski definition) is 6. The van der Waals surface area contributed by atoms with Gasteiger partial charge in [-0.15, -0.1) is 0 Å². The number of amides is 1. The van der Waals surface area contributed by atoms with Crippen LogP contribution in [-0.2, 0) is 11.2 Å². The molecule has 7 heteroatoms. The number of anilines is 1. The van der Waals surface area contributed by atoms with Gasteiger partial charge in [0.05, 0.1) is 4.91 Å². The zero-order chi connectivity index (χ0) is 25.5. The maximum Gasteiger partial charge on any atom is 0.266 e. The minimum absolute atomic E-state index is 0.0552. The minimum Gasteiger partial charge on any atom is -0.457 e. The number of likely N-dealkylation sites (N-methyl/N-ethyl adjacent to an activating group) is 1. The number of carbonyl (C=O) groups is 1. The van der Waals surface area contributed by atoms with Crippen molar-refractivity contribution in [3.8, 4) is 11.3 Å². The molecule has 1 aromatic heterocycles. The Morgan fingerprint density at radius 2 is 1.64 bits per heavy atom. The van der Waals surface area contributed by atoms with Gasteiger partial charge in [0.1, 0.15) is 15.8 Å². The molecule has 2 fully saturated rings. The number of furan rings is 1. The maximum absolute atomic E-state index is 12.9. The standard InChI is InChI=1S/C27H27N3O2S2.C2H6/c1-28-15-17-29(18-16-28)22-9-7-21(8-10-22)24-12-11-23(32-24)19-25-26(31)30(27(33)34-25)14-13-20-5-3-2-4-6-20;1-2/h2-12,19H,13-18H2,1H3;1-2H3/b25-19-;. The Morgan fingerprint density at radius 1 is 0.944 bits per heavy atom. The summed E-state index contributed by atoms with van der Waals surface area (Å²) in [5, 5.41) is 0. The van der Waals surface area contributed by atoms with Crippen molar-refractivity contribution in [1.82, 2.24) is 9.80 Å². The van der Waals surface area contributed by atoms with Crippen LogP contribution in [0.5, 0.6) is 0 Å². The number of benzene rings is 2. The van der Waals surface area contributed by atoms with Crippen LogP contribution < -0.4 is 4.90 Å². The molecule has 0 unspecified atom stereocenters. The SMILES string of the molecule is CC.CN1CCN(c2ccc(-c3ccc(/C=C4\SC(=S)N(CCc5ccccc5)C4=O)o3)cc2)CC1. The molecule has 1 amide bonds. The van der Waals surface area contributed by atoms with Crippen molar-refractivity contribution in [3.63, 3.8) is 0 Å². The number of piperazine rings is 1. The lowest BCUT2D eigenvalue weighted by molar-refractivity contribution is -0.122. The van der Waals surface area contributed by atoms with Gasteiger partial charge >= 0.3 is 0 Å². The van der Waals surface area contributed by atoms with Gasteiger partial charge in [-0.2, -0.15) is 0 Å². The van der Waals surface area contributed by atoms with Crippen molar-refractivity contribution in [2.24, 2.45) is 0 Å². The third-order valence-corrected chi connectivity index (χ3v) is 7.64. The molecule has 0 spiro atoms. The van der Waals surface area contributed by atoms with E-state index < -0.39 is 0 Å². The average molecular weight is 520 g/mol. The van der Waals surface area contributed by atoms with E-state index in [4.69, 9.17) is 16.6 Å². The first-order chi connectivity index (χ1) is 17.6. The molecule has 36 heavy (non-hydrogen) atoms. The number of hydrogen-bond donors (Lipinski definition) is 0. The molecule has 3 aromatic rings. The number of thiocarbonyl (C=S) groups is 1. The van der Waals surface area contributed by atoms with E-state index in [1.165, 1.54) is 23.0 Å². The van der Waals surface area contributed by atoms with E-state index in [0.29, 0.717) is 21.5 Å². The second-order valence-corrected chi connectivity index (χ2v) is 10.3.